The molecule has 1 aromatic rings. The van der Waals surface area contributed by atoms with E-state index < -0.39 is 34.3 Å². The van der Waals surface area contributed by atoms with Gasteiger partial charge in [0.25, 0.3) is 0 Å². The van der Waals surface area contributed by atoms with E-state index in [1.165, 1.54) is 0 Å². The van der Waals surface area contributed by atoms with Crippen LogP contribution in [0.1, 0.15) is 0 Å². The number of rotatable bonds is 3. The van der Waals surface area contributed by atoms with Crippen molar-refractivity contribution in [2.24, 2.45) is 5.73 Å². The minimum atomic E-state index is -1.12. The van der Waals surface area contributed by atoms with Crippen LogP contribution < -0.4 is 17.0 Å². The van der Waals surface area contributed by atoms with Crippen LogP contribution in [0.4, 0.5) is 5.69 Å². The molecular weight excluding hydrogens is 208 g/mol. The van der Waals surface area contributed by atoms with Gasteiger partial charge in [-0.3, -0.25) is 29.3 Å². The third-order valence-corrected chi connectivity index (χ3v) is 1.51. The Bertz CT molecular complexity index is 527. The van der Waals surface area contributed by atoms with E-state index in [1.54, 1.807) is 4.98 Å². The molecule has 1 aromatic heterocycles. The number of carbonyl (C=O) groups excluding carboxylic acids is 1. The Morgan fingerprint density at radius 1 is 1.60 bits per heavy atom. The van der Waals surface area contributed by atoms with E-state index >= 15 is 0 Å². The summed E-state index contributed by atoms with van der Waals surface area (Å²) in [6.07, 6.45) is 0.673. The molecule has 3 N–H and O–H groups in total. The first kappa shape index (κ1) is 10.6. The highest BCUT2D eigenvalue weighted by Crippen LogP contribution is 1.98. The van der Waals surface area contributed by atoms with Crippen LogP contribution >= 0.6 is 0 Å². The number of nitro groups is 1. The minimum Gasteiger partial charge on any atom is -0.368 e. The molecule has 0 aliphatic heterocycles. The summed E-state index contributed by atoms with van der Waals surface area (Å²) in [6, 6.07) is 0. The highest BCUT2D eigenvalue weighted by Gasteiger charge is 2.15. The molecule has 1 amide bonds. The standard InChI is InChI=1S/C6H6N4O5/c7-4(11)2-9-1-3(10(14)15)5(12)8-6(9)13/h1H,2H2,(H2,7,11)(H,8,12,13). The van der Waals surface area contributed by atoms with E-state index in [9.17, 15) is 24.5 Å². The van der Waals surface area contributed by atoms with Crippen molar-refractivity contribution in [3.8, 4) is 0 Å². The Labute approximate surface area is 81.3 Å². The van der Waals surface area contributed by atoms with Gasteiger partial charge in [0.15, 0.2) is 0 Å². The molecule has 9 nitrogen and oxygen atoms in total. The van der Waals surface area contributed by atoms with Gasteiger partial charge in [-0.15, -0.1) is 0 Å². The summed E-state index contributed by atoms with van der Waals surface area (Å²) in [5.41, 5.74) is 1.93. The number of aromatic amines is 1. The maximum absolute atomic E-state index is 11.0. The minimum absolute atomic E-state index is 0.531. The number of H-pyrrole nitrogens is 1. The summed E-state index contributed by atoms with van der Waals surface area (Å²) >= 11 is 0. The van der Waals surface area contributed by atoms with E-state index in [-0.39, 0.29) is 0 Å². The Morgan fingerprint density at radius 2 is 2.20 bits per heavy atom. The van der Waals surface area contributed by atoms with Crippen LogP contribution in [0, 0.1) is 10.1 Å². The number of hydrogen-bond donors (Lipinski definition) is 2. The van der Waals surface area contributed by atoms with Crippen LogP contribution in [0.3, 0.4) is 0 Å². The molecule has 0 saturated heterocycles. The molecule has 0 aliphatic carbocycles. The van der Waals surface area contributed by atoms with Gasteiger partial charge in [0.2, 0.25) is 5.91 Å². The second-order valence-corrected chi connectivity index (χ2v) is 2.62. The fraction of sp³-hybridized carbons (Fsp3) is 0.167. The molecule has 0 spiro atoms. The molecule has 0 saturated carbocycles. The fourth-order valence-corrected chi connectivity index (χ4v) is 0.913. The zero-order valence-electron chi connectivity index (χ0n) is 7.30. The van der Waals surface area contributed by atoms with Gasteiger partial charge < -0.3 is 5.73 Å². The van der Waals surface area contributed by atoms with Crippen molar-refractivity contribution in [3.63, 3.8) is 0 Å². The normalized spacial score (nSPS) is 9.87. The summed E-state index contributed by atoms with van der Waals surface area (Å²) in [6.45, 7) is -0.531. The van der Waals surface area contributed by atoms with Crippen molar-refractivity contribution >= 4 is 11.6 Å². The predicted molar refractivity (Wildman–Crippen MR) is 47.2 cm³/mol. The first-order valence-electron chi connectivity index (χ1n) is 3.68. The summed E-state index contributed by atoms with van der Waals surface area (Å²) in [4.78, 5) is 43.5. The van der Waals surface area contributed by atoms with Gasteiger partial charge >= 0.3 is 16.9 Å². The third-order valence-electron chi connectivity index (χ3n) is 1.51. The zero-order valence-corrected chi connectivity index (χ0v) is 7.30. The summed E-state index contributed by atoms with van der Waals surface area (Å²) in [5, 5.41) is 10.3. The van der Waals surface area contributed by atoms with Crippen molar-refractivity contribution in [3.05, 3.63) is 37.1 Å². The number of hydrogen-bond acceptors (Lipinski definition) is 5. The van der Waals surface area contributed by atoms with Crippen LogP contribution in [0.15, 0.2) is 15.8 Å². The van der Waals surface area contributed by atoms with E-state index in [4.69, 9.17) is 5.73 Å². The molecule has 0 fully saturated rings. The van der Waals surface area contributed by atoms with E-state index in [0.29, 0.717) is 10.8 Å². The quantitative estimate of drug-likeness (QED) is 0.439. The number of carbonyl (C=O) groups is 1. The van der Waals surface area contributed by atoms with Crippen molar-refractivity contribution in [2.75, 3.05) is 0 Å². The van der Waals surface area contributed by atoms with Crippen LogP contribution in [0.2, 0.25) is 0 Å². The number of amides is 1. The first-order chi connectivity index (χ1) is 6.91. The van der Waals surface area contributed by atoms with E-state index in [1.807, 2.05) is 0 Å². The zero-order chi connectivity index (χ0) is 11.6. The second kappa shape index (κ2) is 3.74. The number of nitrogens with zero attached hydrogens (tertiary/aromatic N) is 2. The van der Waals surface area contributed by atoms with Crippen LogP contribution in [-0.2, 0) is 11.3 Å². The van der Waals surface area contributed by atoms with Crippen molar-refractivity contribution in [2.45, 2.75) is 6.54 Å². The number of primary amides is 1. The molecule has 1 heterocycles. The van der Waals surface area contributed by atoms with Crippen molar-refractivity contribution in [1.82, 2.24) is 9.55 Å². The molecule has 0 bridgehead atoms. The molecule has 1 rings (SSSR count). The molecule has 80 valence electrons. The SMILES string of the molecule is NC(=O)Cn1cc([N+](=O)[O-])c(=O)[nH]c1=O. The van der Waals surface area contributed by atoms with Gasteiger partial charge in [0, 0.05) is 0 Å². The monoisotopic (exact) mass is 214 g/mol. The van der Waals surface area contributed by atoms with Crippen LogP contribution in [0.25, 0.3) is 0 Å². The summed E-state index contributed by atoms with van der Waals surface area (Å²) in [5.74, 6) is -0.849. The Hall–Kier alpha value is -2.45. The lowest BCUT2D eigenvalue weighted by Gasteiger charge is -2.00. The highest BCUT2D eigenvalue weighted by atomic mass is 16.6. The topological polar surface area (TPSA) is 141 Å². The molecule has 0 unspecified atom stereocenters. The molecule has 0 aliphatic rings. The third kappa shape index (κ3) is 2.27. The van der Waals surface area contributed by atoms with Crippen LogP contribution in [-0.4, -0.2) is 20.4 Å². The summed E-state index contributed by atoms with van der Waals surface area (Å²) < 4.78 is 0.655. The van der Waals surface area contributed by atoms with E-state index in [0.717, 1.165) is 0 Å². The smallest absolute Gasteiger partial charge is 0.350 e. The number of nitrogens with one attached hydrogen (secondary N) is 1. The lowest BCUT2D eigenvalue weighted by molar-refractivity contribution is -0.386. The predicted octanol–water partition coefficient (Wildman–Crippen LogP) is -2.07. The molecule has 0 aromatic carbocycles. The maximum atomic E-state index is 11.0. The van der Waals surface area contributed by atoms with Gasteiger partial charge in [-0.05, 0) is 0 Å². The Morgan fingerprint density at radius 3 is 2.67 bits per heavy atom. The van der Waals surface area contributed by atoms with Crippen molar-refractivity contribution < 1.29 is 9.72 Å². The van der Waals surface area contributed by atoms with Gasteiger partial charge in [0.1, 0.15) is 6.54 Å². The summed E-state index contributed by atoms with van der Waals surface area (Å²) in [7, 11) is 0. The average Bonchev–Trinajstić information content (AvgIpc) is 2.08. The molecular formula is C6H6N4O5. The highest BCUT2D eigenvalue weighted by molar-refractivity contribution is 5.73. The Kier molecular flexibility index (Phi) is 2.65. The molecule has 9 heteroatoms. The van der Waals surface area contributed by atoms with Gasteiger partial charge in [0.05, 0.1) is 11.1 Å². The number of nitrogens with two attached hydrogens (primary N) is 1. The van der Waals surface area contributed by atoms with Crippen molar-refractivity contribution in [1.29, 1.82) is 0 Å². The fourth-order valence-electron chi connectivity index (χ4n) is 0.913. The van der Waals surface area contributed by atoms with E-state index in [2.05, 4.69) is 0 Å². The van der Waals surface area contributed by atoms with Gasteiger partial charge in [-0.2, -0.15) is 0 Å². The number of aromatic nitrogens is 2. The van der Waals surface area contributed by atoms with Gasteiger partial charge in [-0.1, -0.05) is 0 Å². The Balaban J connectivity index is 3.36. The lowest BCUT2D eigenvalue weighted by atomic mass is 10.5. The molecule has 15 heavy (non-hydrogen) atoms. The maximum Gasteiger partial charge on any atom is 0.350 e. The average molecular weight is 214 g/mol. The molecule has 0 atom stereocenters. The largest absolute Gasteiger partial charge is 0.368 e. The van der Waals surface area contributed by atoms with Gasteiger partial charge in [-0.25, -0.2) is 4.79 Å². The first-order valence-corrected chi connectivity index (χ1v) is 3.68. The van der Waals surface area contributed by atoms with Crippen LogP contribution in [0.5, 0.6) is 0 Å². The molecule has 0 radical (unpaired) electrons. The lowest BCUT2D eigenvalue weighted by Crippen LogP contribution is -2.34. The second-order valence-electron chi connectivity index (χ2n) is 2.62.